The fraction of sp³-hybridized carbons (Fsp3) is 0.647. The lowest BCUT2D eigenvalue weighted by Gasteiger charge is -2.38. The molecule has 3 nitrogen and oxygen atoms in total. The van der Waals surface area contributed by atoms with Crippen molar-refractivity contribution in [2.75, 3.05) is 13.2 Å². The van der Waals surface area contributed by atoms with Crippen molar-refractivity contribution in [2.24, 2.45) is 5.73 Å². The zero-order chi connectivity index (χ0) is 14.6. The number of nitrogens with two attached hydrogens (primary N) is 1. The van der Waals surface area contributed by atoms with E-state index in [2.05, 4.69) is 32.0 Å². The summed E-state index contributed by atoms with van der Waals surface area (Å²) < 4.78 is 12.0. The van der Waals surface area contributed by atoms with Crippen molar-refractivity contribution >= 4 is 0 Å². The van der Waals surface area contributed by atoms with Gasteiger partial charge in [0.15, 0.2) is 0 Å². The highest BCUT2D eigenvalue weighted by Gasteiger charge is 2.37. The van der Waals surface area contributed by atoms with Crippen LogP contribution in [0.1, 0.15) is 57.2 Å². The van der Waals surface area contributed by atoms with Gasteiger partial charge >= 0.3 is 0 Å². The highest BCUT2D eigenvalue weighted by atomic mass is 16.5. The van der Waals surface area contributed by atoms with Gasteiger partial charge in [0, 0.05) is 12.2 Å². The number of rotatable bonds is 6. The Labute approximate surface area is 122 Å². The summed E-state index contributed by atoms with van der Waals surface area (Å²) in [4.78, 5) is 0. The van der Waals surface area contributed by atoms with Gasteiger partial charge < -0.3 is 15.2 Å². The minimum atomic E-state index is -0.301. The number of hydrogen-bond donors (Lipinski definition) is 1. The summed E-state index contributed by atoms with van der Waals surface area (Å²) in [5, 5.41) is 0. The molecule has 2 N–H and O–H groups in total. The van der Waals surface area contributed by atoms with Gasteiger partial charge in [-0.2, -0.15) is 0 Å². The van der Waals surface area contributed by atoms with E-state index >= 15 is 0 Å². The number of fused-ring (bicyclic) bond motifs is 1. The van der Waals surface area contributed by atoms with Crippen LogP contribution in [0, 0.1) is 0 Å². The van der Waals surface area contributed by atoms with Crippen LogP contribution in [-0.2, 0) is 11.2 Å². The summed E-state index contributed by atoms with van der Waals surface area (Å²) >= 11 is 0. The molecule has 0 spiro atoms. The Bertz CT molecular complexity index is 441. The Balaban J connectivity index is 2.39. The van der Waals surface area contributed by atoms with Crippen molar-refractivity contribution in [3.63, 3.8) is 0 Å². The molecule has 1 aliphatic rings. The topological polar surface area (TPSA) is 44.5 Å². The van der Waals surface area contributed by atoms with Crippen LogP contribution in [-0.4, -0.2) is 18.8 Å². The second-order valence-electron chi connectivity index (χ2n) is 5.47. The number of para-hydroxylation sites is 1. The maximum absolute atomic E-state index is 6.60. The molecule has 0 bridgehead atoms. The Kier molecular flexibility index (Phi) is 5.06. The molecule has 0 fully saturated rings. The predicted molar refractivity (Wildman–Crippen MR) is 82.1 cm³/mol. The molecule has 112 valence electrons. The summed E-state index contributed by atoms with van der Waals surface area (Å²) in [7, 11) is 0. The summed E-state index contributed by atoms with van der Waals surface area (Å²) in [6.07, 6.45) is 3.98. The fourth-order valence-electron chi connectivity index (χ4n) is 3.21. The predicted octanol–water partition coefficient (Wildman–Crippen LogP) is 3.61. The lowest BCUT2D eigenvalue weighted by molar-refractivity contribution is -0.0650. The minimum Gasteiger partial charge on any atom is -0.493 e. The van der Waals surface area contributed by atoms with Gasteiger partial charge in [-0.15, -0.1) is 0 Å². The summed E-state index contributed by atoms with van der Waals surface area (Å²) in [5.41, 5.74) is 8.68. The molecular weight excluding hydrogens is 250 g/mol. The van der Waals surface area contributed by atoms with Crippen molar-refractivity contribution in [1.82, 2.24) is 0 Å². The Hall–Kier alpha value is -1.06. The standard InChI is InChI=1S/C17H27NO2/c1-4-17(5-2,20-6-3)16(18)14-11-7-9-13-10-8-12-19-15(13)14/h7,9,11,16H,4-6,8,10,12,18H2,1-3H3. The average molecular weight is 277 g/mol. The van der Waals surface area contributed by atoms with Crippen LogP contribution in [0.3, 0.4) is 0 Å². The zero-order valence-corrected chi connectivity index (χ0v) is 12.9. The first-order valence-corrected chi connectivity index (χ1v) is 7.82. The normalized spacial score (nSPS) is 16.4. The highest BCUT2D eigenvalue weighted by molar-refractivity contribution is 5.45. The summed E-state index contributed by atoms with van der Waals surface area (Å²) in [6, 6.07) is 6.18. The van der Waals surface area contributed by atoms with E-state index in [1.165, 1.54) is 5.56 Å². The second kappa shape index (κ2) is 6.59. The van der Waals surface area contributed by atoms with E-state index in [1.54, 1.807) is 0 Å². The quantitative estimate of drug-likeness (QED) is 0.864. The number of hydrogen-bond acceptors (Lipinski definition) is 3. The van der Waals surface area contributed by atoms with Gasteiger partial charge in [0.1, 0.15) is 5.75 Å². The molecule has 3 heteroatoms. The van der Waals surface area contributed by atoms with Gasteiger partial charge in [-0.05, 0) is 38.2 Å². The molecule has 1 aromatic rings. The number of aryl methyl sites for hydroxylation is 1. The SMILES string of the molecule is CCOC(CC)(CC)C(N)c1cccc2c1OCCC2. The van der Waals surface area contributed by atoms with E-state index in [1.807, 2.05) is 6.92 Å². The van der Waals surface area contributed by atoms with E-state index in [4.69, 9.17) is 15.2 Å². The van der Waals surface area contributed by atoms with Crippen LogP contribution in [0.4, 0.5) is 0 Å². The molecule has 0 saturated carbocycles. The largest absolute Gasteiger partial charge is 0.493 e. The third kappa shape index (κ3) is 2.70. The molecule has 1 unspecified atom stereocenters. The van der Waals surface area contributed by atoms with Gasteiger partial charge in [-0.1, -0.05) is 32.0 Å². The molecular formula is C17H27NO2. The summed E-state index contributed by atoms with van der Waals surface area (Å²) in [5.74, 6) is 0.997. The molecule has 0 aromatic heterocycles. The first kappa shape index (κ1) is 15.3. The van der Waals surface area contributed by atoms with Crippen LogP contribution < -0.4 is 10.5 Å². The maximum Gasteiger partial charge on any atom is 0.127 e. The Morgan fingerprint density at radius 2 is 2.05 bits per heavy atom. The molecule has 0 saturated heterocycles. The van der Waals surface area contributed by atoms with Gasteiger partial charge in [0.2, 0.25) is 0 Å². The fourth-order valence-corrected chi connectivity index (χ4v) is 3.21. The van der Waals surface area contributed by atoms with Gasteiger partial charge in [-0.25, -0.2) is 0 Å². The van der Waals surface area contributed by atoms with Crippen LogP contribution in [0.25, 0.3) is 0 Å². The van der Waals surface area contributed by atoms with E-state index in [9.17, 15) is 0 Å². The molecule has 1 heterocycles. The van der Waals surface area contributed by atoms with E-state index < -0.39 is 0 Å². The Morgan fingerprint density at radius 1 is 1.30 bits per heavy atom. The van der Waals surface area contributed by atoms with Crippen LogP contribution in [0.2, 0.25) is 0 Å². The first-order chi connectivity index (χ1) is 9.68. The van der Waals surface area contributed by atoms with Crippen molar-refractivity contribution in [3.8, 4) is 5.75 Å². The van der Waals surface area contributed by atoms with Crippen LogP contribution >= 0.6 is 0 Å². The Morgan fingerprint density at radius 3 is 2.70 bits per heavy atom. The minimum absolute atomic E-state index is 0.148. The molecule has 1 atom stereocenters. The van der Waals surface area contributed by atoms with E-state index in [0.29, 0.717) is 6.61 Å². The molecule has 0 amide bonds. The average Bonchev–Trinajstić information content (AvgIpc) is 2.51. The lowest BCUT2D eigenvalue weighted by atomic mass is 9.83. The van der Waals surface area contributed by atoms with Gasteiger partial charge in [0.05, 0.1) is 18.2 Å². The van der Waals surface area contributed by atoms with E-state index in [-0.39, 0.29) is 11.6 Å². The molecule has 1 aromatic carbocycles. The lowest BCUT2D eigenvalue weighted by Crippen LogP contribution is -2.43. The number of benzene rings is 1. The molecule has 2 rings (SSSR count). The molecule has 0 radical (unpaired) electrons. The third-order valence-electron chi connectivity index (χ3n) is 4.49. The van der Waals surface area contributed by atoms with Crippen molar-refractivity contribution < 1.29 is 9.47 Å². The number of ether oxygens (including phenoxy) is 2. The molecule has 20 heavy (non-hydrogen) atoms. The highest BCUT2D eigenvalue weighted by Crippen LogP contribution is 2.40. The molecule has 0 aliphatic carbocycles. The van der Waals surface area contributed by atoms with Crippen molar-refractivity contribution in [2.45, 2.75) is 58.1 Å². The summed E-state index contributed by atoms with van der Waals surface area (Å²) in [6.45, 7) is 7.80. The maximum atomic E-state index is 6.60. The van der Waals surface area contributed by atoms with Gasteiger partial charge in [-0.3, -0.25) is 0 Å². The van der Waals surface area contributed by atoms with Gasteiger partial charge in [0.25, 0.3) is 0 Å². The molecule has 1 aliphatic heterocycles. The van der Waals surface area contributed by atoms with Crippen LogP contribution in [0.15, 0.2) is 18.2 Å². The monoisotopic (exact) mass is 277 g/mol. The second-order valence-corrected chi connectivity index (χ2v) is 5.47. The van der Waals surface area contributed by atoms with E-state index in [0.717, 1.165) is 43.6 Å². The third-order valence-corrected chi connectivity index (χ3v) is 4.49. The smallest absolute Gasteiger partial charge is 0.127 e. The first-order valence-electron chi connectivity index (χ1n) is 7.82. The van der Waals surface area contributed by atoms with Crippen molar-refractivity contribution in [1.29, 1.82) is 0 Å². The zero-order valence-electron chi connectivity index (χ0n) is 12.9. The van der Waals surface area contributed by atoms with Crippen LogP contribution in [0.5, 0.6) is 5.75 Å². The van der Waals surface area contributed by atoms with Crippen molar-refractivity contribution in [3.05, 3.63) is 29.3 Å².